The van der Waals surface area contributed by atoms with E-state index in [0.29, 0.717) is 24.7 Å². The van der Waals surface area contributed by atoms with Gasteiger partial charge in [-0.05, 0) is 35.7 Å². The molecule has 8 heteroatoms. The van der Waals surface area contributed by atoms with E-state index >= 15 is 0 Å². The van der Waals surface area contributed by atoms with Crippen LogP contribution in [0.5, 0.6) is 0 Å². The summed E-state index contributed by atoms with van der Waals surface area (Å²) in [6.45, 7) is 0.672. The second kappa shape index (κ2) is 7.20. The van der Waals surface area contributed by atoms with Crippen LogP contribution < -0.4 is 0 Å². The number of carbonyl (C=O) groups excluding carboxylic acids is 1. The highest BCUT2D eigenvalue weighted by Crippen LogP contribution is 2.30. The molecule has 0 saturated carbocycles. The van der Waals surface area contributed by atoms with Crippen LogP contribution in [0.15, 0.2) is 47.4 Å². The number of hydrogen-bond acceptors (Lipinski definition) is 4. The van der Waals surface area contributed by atoms with Crippen molar-refractivity contribution < 1.29 is 26.4 Å². The minimum Gasteiger partial charge on any atom is -0.301 e. The molecule has 1 unspecified atom stereocenters. The summed E-state index contributed by atoms with van der Waals surface area (Å²) in [7, 11) is -3.90. The first-order valence-electron chi connectivity index (χ1n) is 7.93. The fraction of sp³-hybridized carbons (Fsp3) is 0.278. The molecule has 2 aromatic carbocycles. The molecule has 0 radical (unpaired) electrons. The third kappa shape index (κ3) is 3.81. The Morgan fingerprint density at radius 3 is 2.23 bits per heavy atom. The Kier molecular flexibility index (Phi) is 5.15. The van der Waals surface area contributed by atoms with Crippen molar-refractivity contribution in [3.63, 3.8) is 0 Å². The predicted octanol–water partition coefficient (Wildman–Crippen LogP) is 2.75. The molecule has 0 amide bonds. The molecule has 1 aliphatic heterocycles. The maximum atomic E-state index is 13.7. The highest BCUT2D eigenvalue weighted by atomic mass is 32.2. The van der Waals surface area contributed by atoms with Crippen molar-refractivity contribution in [2.24, 2.45) is 5.92 Å². The highest BCUT2D eigenvalue weighted by molar-refractivity contribution is 7.91. The quantitative estimate of drug-likeness (QED) is 0.569. The molecule has 26 heavy (non-hydrogen) atoms. The van der Waals surface area contributed by atoms with Crippen molar-refractivity contribution in [1.82, 2.24) is 4.90 Å². The number of sulfone groups is 1. The van der Waals surface area contributed by atoms with Crippen molar-refractivity contribution in [3.05, 3.63) is 65.5 Å². The van der Waals surface area contributed by atoms with Gasteiger partial charge in [0.05, 0.1) is 11.8 Å². The van der Waals surface area contributed by atoms with Crippen LogP contribution in [0.3, 0.4) is 0 Å². The molecule has 1 atom stereocenters. The summed E-state index contributed by atoms with van der Waals surface area (Å²) in [5, 5.41) is 0. The fourth-order valence-electron chi connectivity index (χ4n) is 3.11. The van der Waals surface area contributed by atoms with Gasteiger partial charge in [0.2, 0.25) is 0 Å². The fourth-order valence-corrected chi connectivity index (χ4v) is 4.75. The number of likely N-dealkylation sites (tertiary alicyclic amines) is 1. The number of halogens is 3. The number of rotatable bonds is 6. The van der Waals surface area contributed by atoms with Gasteiger partial charge in [-0.1, -0.05) is 12.1 Å². The SMILES string of the molecule is O=CC(c1ccc(F)cc1)N1CC(CS(=O)(=O)c2ccc(F)cc2F)C1. The van der Waals surface area contributed by atoms with E-state index in [4.69, 9.17) is 0 Å². The van der Waals surface area contributed by atoms with E-state index in [1.165, 1.54) is 24.3 Å². The number of benzene rings is 2. The number of hydrogen-bond donors (Lipinski definition) is 0. The van der Waals surface area contributed by atoms with Gasteiger partial charge in [0.25, 0.3) is 0 Å². The summed E-state index contributed by atoms with van der Waals surface area (Å²) < 4.78 is 64.3. The third-order valence-corrected chi connectivity index (χ3v) is 6.31. The van der Waals surface area contributed by atoms with E-state index in [0.717, 1.165) is 18.4 Å². The average Bonchev–Trinajstić information content (AvgIpc) is 2.54. The van der Waals surface area contributed by atoms with Gasteiger partial charge in [0, 0.05) is 19.2 Å². The van der Waals surface area contributed by atoms with Crippen molar-refractivity contribution in [2.45, 2.75) is 10.9 Å². The highest BCUT2D eigenvalue weighted by Gasteiger charge is 2.36. The van der Waals surface area contributed by atoms with Crippen LogP contribution in [0.2, 0.25) is 0 Å². The molecule has 0 aromatic heterocycles. The Hall–Kier alpha value is -2.19. The van der Waals surface area contributed by atoms with Gasteiger partial charge in [0.1, 0.15) is 28.6 Å². The lowest BCUT2D eigenvalue weighted by molar-refractivity contribution is -0.115. The van der Waals surface area contributed by atoms with Crippen LogP contribution in [-0.2, 0) is 14.6 Å². The molecule has 1 saturated heterocycles. The molecule has 0 bridgehead atoms. The van der Waals surface area contributed by atoms with Crippen LogP contribution in [-0.4, -0.2) is 38.4 Å². The van der Waals surface area contributed by atoms with E-state index in [1.54, 1.807) is 4.90 Å². The summed E-state index contributed by atoms with van der Waals surface area (Å²) >= 11 is 0. The van der Waals surface area contributed by atoms with Crippen molar-refractivity contribution in [1.29, 1.82) is 0 Å². The van der Waals surface area contributed by atoms with Gasteiger partial charge in [-0.2, -0.15) is 0 Å². The molecule has 4 nitrogen and oxygen atoms in total. The average molecular weight is 383 g/mol. The number of carbonyl (C=O) groups is 1. The van der Waals surface area contributed by atoms with Gasteiger partial charge < -0.3 is 4.79 Å². The van der Waals surface area contributed by atoms with E-state index < -0.39 is 38.2 Å². The van der Waals surface area contributed by atoms with Gasteiger partial charge in [-0.15, -0.1) is 0 Å². The van der Waals surface area contributed by atoms with Crippen LogP contribution in [0.1, 0.15) is 11.6 Å². The molecule has 1 heterocycles. The number of aldehydes is 1. The smallest absolute Gasteiger partial charge is 0.181 e. The molecule has 1 fully saturated rings. The monoisotopic (exact) mass is 383 g/mol. The van der Waals surface area contributed by atoms with E-state index in [-0.39, 0.29) is 11.7 Å². The molecule has 1 aliphatic rings. The van der Waals surface area contributed by atoms with Crippen molar-refractivity contribution >= 4 is 16.1 Å². The molecular weight excluding hydrogens is 367 g/mol. The predicted molar refractivity (Wildman–Crippen MR) is 88.7 cm³/mol. The summed E-state index contributed by atoms with van der Waals surface area (Å²) in [4.78, 5) is 12.6. The molecule has 0 aliphatic carbocycles. The summed E-state index contributed by atoms with van der Waals surface area (Å²) in [5.41, 5.74) is 0.618. The maximum absolute atomic E-state index is 13.7. The molecule has 0 N–H and O–H groups in total. The maximum Gasteiger partial charge on any atom is 0.181 e. The topological polar surface area (TPSA) is 54.5 Å². The van der Waals surface area contributed by atoms with Gasteiger partial charge in [-0.25, -0.2) is 21.6 Å². The van der Waals surface area contributed by atoms with Gasteiger partial charge >= 0.3 is 0 Å². The Morgan fingerprint density at radius 2 is 1.65 bits per heavy atom. The van der Waals surface area contributed by atoms with Crippen LogP contribution in [0, 0.1) is 23.4 Å². The lowest BCUT2D eigenvalue weighted by Gasteiger charge is -2.42. The second-order valence-corrected chi connectivity index (χ2v) is 8.31. The zero-order chi connectivity index (χ0) is 18.9. The van der Waals surface area contributed by atoms with Crippen molar-refractivity contribution in [3.8, 4) is 0 Å². The Morgan fingerprint density at radius 1 is 1.04 bits per heavy atom. The molecular formula is C18H16F3NO3S. The Balaban J connectivity index is 1.65. The number of nitrogens with zero attached hydrogens (tertiary/aromatic N) is 1. The van der Waals surface area contributed by atoms with Gasteiger partial charge in [-0.3, -0.25) is 4.90 Å². The second-order valence-electron chi connectivity index (χ2n) is 6.31. The van der Waals surface area contributed by atoms with Crippen LogP contribution in [0.25, 0.3) is 0 Å². The van der Waals surface area contributed by atoms with Crippen LogP contribution in [0.4, 0.5) is 13.2 Å². The zero-order valence-corrected chi connectivity index (χ0v) is 14.4. The summed E-state index contributed by atoms with van der Waals surface area (Å²) in [6.07, 6.45) is 0.720. The Labute approximate surface area is 149 Å². The van der Waals surface area contributed by atoms with Crippen molar-refractivity contribution in [2.75, 3.05) is 18.8 Å². The minimum absolute atomic E-state index is 0.271. The Bertz CT molecular complexity index is 910. The molecule has 2 aromatic rings. The molecule has 3 rings (SSSR count). The third-order valence-electron chi connectivity index (χ3n) is 4.40. The van der Waals surface area contributed by atoms with Crippen LogP contribution >= 0.6 is 0 Å². The largest absolute Gasteiger partial charge is 0.301 e. The zero-order valence-electron chi connectivity index (χ0n) is 13.6. The minimum atomic E-state index is -3.90. The summed E-state index contributed by atoms with van der Waals surface area (Å²) in [5.74, 6) is -2.93. The van der Waals surface area contributed by atoms with Gasteiger partial charge in [0.15, 0.2) is 9.84 Å². The normalized spacial score (nSPS) is 16.9. The standard InChI is InChI=1S/C18H16F3NO3S/c19-14-3-1-13(2-4-14)17(10-23)22-8-12(9-22)11-26(24,25)18-6-5-15(20)7-16(18)21/h1-7,10,12,17H,8-9,11H2. The lowest BCUT2D eigenvalue weighted by atomic mass is 9.96. The summed E-state index contributed by atoms with van der Waals surface area (Å²) in [6, 6.07) is 7.30. The van der Waals surface area contributed by atoms with E-state index in [9.17, 15) is 26.4 Å². The molecule has 0 spiro atoms. The van der Waals surface area contributed by atoms with E-state index in [1.807, 2.05) is 0 Å². The first kappa shape index (κ1) is 18.6. The van der Waals surface area contributed by atoms with E-state index in [2.05, 4.69) is 0 Å². The molecule has 138 valence electrons. The first-order valence-corrected chi connectivity index (χ1v) is 9.58. The lowest BCUT2D eigenvalue weighted by Crippen LogP contribution is -2.51. The first-order chi connectivity index (χ1) is 12.3.